The summed E-state index contributed by atoms with van der Waals surface area (Å²) in [5.41, 5.74) is 0. The van der Waals surface area contributed by atoms with Gasteiger partial charge < -0.3 is 37.7 Å². The zero-order valence-corrected chi connectivity index (χ0v) is 12.3. The molecule has 0 bridgehead atoms. The van der Waals surface area contributed by atoms with E-state index < -0.39 is 27.5 Å². The molecule has 0 aromatic rings. The van der Waals surface area contributed by atoms with Crippen LogP contribution in [0.4, 0.5) is 0 Å². The molecule has 0 heterocycles. The van der Waals surface area contributed by atoms with E-state index in [4.69, 9.17) is 42.2 Å². The van der Waals surface area contributed by atoms with E-state index in [1.54, 1.807) is 0 Å². The Morgan fingerprint density at radius 2 is 0.769 bits per heavy atom. The zero-order valence-electron chi connectivity index (χ0n) is 5.75. The Morgan fingerprint density at radius 3 is 0.769 bits per heavy atom. The third kappa shape index (κ3) is 14200. The Morgan fingerprint density at radius 1 is 0.769 bits per heavy atom. The first-order valence-electron chi connectivity index (χ1n) is 1.88. The molecule has 0 atom stereocenters. The fourth-order valence-corrected chi connectivity index (χ4v) is 0. The first-order chi connectivity index (χ1) is 5.20. The van der Waals surface area contributed by atoms with Crippen molar-refractivity contribution in [2.75, 3.05) is 0 Å². The Balaban J connectivity index is -0.0000000450. The van der Waals surface area contributed by atoms with Gasteiger partial charge in [-0.15, -0.1) is 0 Å². The molecule has 0 radical (unpaired) electrons. The molecule has 0 spiro atoms. The normalized spacial score (nSPS) is 5.54. The number of hydrogen-bond donors (Lipinski definition) is 2. The van der Waals surface area contributed by atoms with Crippen LogP contribution in [0.15, 0.2) is 0 Å². The number of rotatable bonds is 0. The molecular weight excluding hydrogens is 407 g/mol. The topological polar surface area (TPSA) is 184 Å². The Labute approximate surface area is 95.4 Å². The van der Waals surface area contributed by atoms with Gasteiger partial charge >= 0.3 is 35.0 Å². The Bertz CT molecular complexity index is 112. The monoisotopic (exact) mass is 410 g/mol. The minimum atomic E-state index is -3.63. The van der Waals surface area contributed by atoms with Crippen LogP contribution in [0.5, 0.6) is 0 Å². The Hall–Kier alpha value is -0.279. The van der Waals surface area contributed by atoms with Crippen molar-refractivity contribution in [3.63, 3.8) is 0 Å². The quantitative estimate of drug-likeness (QED) is 0.367. The van der Waals surface area contributed by atoms with Gasteiger partial charge in [0.1, 0.15) is 0 Å². The van der Waals surface area contributed by atoms with Crippen LogP contribution < -0.4 is 19.2 Å². The summed E-state index contributed by atoms with van der Waals surface area (Å²) in [7, 11) is -10.4. The summed E-state index contributed by atoms with van der Waals surface area (Å²) in [5.74, 6) is 0. The van der Waals surface area contributed by atoms with Crippen LogP contribution in [0.2, 0.25) is 0 Å². The van der Waals surface area contributed by atoms with Crippen LogP contribution in [0.1, 0.15) is 0 Å². The fraction of sp³-hybridized carbons (Fsp3) is 0. The largest absolute Gasteiger partial charge is 4.00 e. The molecule has 0 amide bonds. The molecule has 13 heavy (non-hydrogen) atoms. The molecule has 0 aliphatic heterocycles. The van der Waals surface area contributed by atoms with Gasteiger partial charge in [-0.25, -0.2) is 0 Å². The summed E-state index contributed by atoms with van der Waals surface area (Å²) in [4.78, 5) is 48.4. The maximum atomic E-state index is 8.74. The summed E-state index contributed by atoms with van der Waals surface area (Å²) in [6, 6.07) is 0. The maximum Gasteiger partial charge on any atom is 4.00 e. The third-order valence-corrected chi connectivity index (χ3v) is 0. The first kappa shape index (κ1) is 23.0. The van der Waals surface area contributed by atoms with Crippen molar-refractivity contribution in [3.8, 4) is 0 Å². The van der Waals surface area contributed by atoms with E-state index in [0.29, 0.717) is 0 Å². The van der Waals surface area contributed by atoms with Gasteiger partial charge in [-0.3, -0.25) is 4.46 Å². The molecule has 72 valence electrons. The Kier molecular flexibility index (Phi) is 31.3. The second-order valence-corrected chi connectivity index (χ2v) is 2.35. The molecule has 0 rings (SSSR count). The van der Waals surface area contributed by atoms with Crippen LogP contribution in [-0.4, -0.2) is 37.1 Å². The van der Waals surface area contributed by atoms with Gasteiger partial charge in [-0.05, 0) is 0 Å². The molecule has 0 aliphatic carbocycles. The van der Waals surface area contributed by atoms with E-state index in [9.17, 15) is 0 Å². The minimum Gasteiger partial charge on any atom is -0.672 e. The maximum absolute atomic E-state index is 8.74. The fourth-order valence-electron chi connectivity index (χ4n) is 0. The van der Waals surface area contributed by atoms with E-state index in [0.717, 1.165) is 0 Å². The van der Waals surface area contributed by atoms with Crippen LogP contribution in [0.3, 0.4) is 0 Å². The molecular formula is H2HfO9Si3. The average molecular weight is 409 g/mol. The first-order valence-corrected chi connectivity index (χ1v) is 5.63. The molecule has 0 aromatic carbocycles. The van der Waals surface area contributed by atoms with Crippen molar-refractivity contribution >= 4 is 27.5 Å². The van der Waals surface area contributed by atoms with Gasteiger partial charge in [-0.2, -0.15) is 0 Å². The van der Waals surface area contributed by atoms with Gasteiger partial charge in [0.25, 0.3) is 0 Å². The van der Waals surface area contributed by atoms with Gasteiger partial charge in [0, 0.05) is 18.3 Å². The van der Waals surface area contributed by atoms with Gasteiger partial charge in [0.2, 0.25) is 0 Å². The second kappa shape index (κ2) is 17.7. The minimum absolute atomic E-state index is 0. The predicted octanol–water partition coefficient (Wildman–Crippen LogP) is -7.37. The molecule has 0 unspecified atom stereocenters. The van der Waals surface area contributed by atoms with Crippen LogP contribution >= 0.6 is 0 Å². The smallest absolute Gasteiger partial charge is 0.672 e. The van der Waals surface area contributed by atoms with Crippen molar-refractivity contribution in [3.05, 3.63) is 0 Å². The summed E-state index contributed by atoms with van der Waals surface area (Å²) in [5, 5.41) is 0. The number of hydrogen-bond acceptors (Lipinski definition) is 7. The summed E-state index contributed by atoms with van der Waals surface area (Å²) in [6.45, 7) is 0. The van der Waals surface area contributed by atoms with E-state index in [1.165, 1.54) is 0 Å². The summed E-state index contributed by atoms with van der Waals surface area (Å²) in [6.07, 6.45) is 0. The van der Waals surface area contributed by atoms with Crippen LogP contribution in [0.25, 0.3) is 0 Å². The molecule has 2 N–H and O–H groups in total. The van der Waals surface area contributed by atoms with Crippen molar-refractivity contribution in [1.29, 1.82) is 0 Å². The predicted molar refractivity (Wildman–Crippen MR) is 23.8 cm³/mol. The van der Waals surface area contributed by atoms with Gasteiger partial charge in [0.15, 0.2) is 0 Å². The zero-order chi connectivity index (χ0) is 10.7. The average Bonchev–Trinajstić information content (AvgIpc) is 1.54. The molecule has 0 saturated heterocycles. The molecule has 0 saturated carbocycles. The SMILES string of the molecule is O=[Si](O)O.O=[Si]([O-])[O-].O=[Si]([O-])[O-].[Hf+4]. The van der Waals surface area contributed by atoms with Crippen LogP contribution in [0, 0.1) is 0 Å². The summed E-state index contributed by atoms with van der Waals surface area (Å²) < 4.78 is 25.8. The third-order valence-electron chi connectivity index (χ3n) is 0. The van der Waals surface area contributed by atoms with E-state index >= 15 is 0 Å². The molecule has 0 aromatic heterocycles. The molecule has 13 heteroatoms. The molecule has 0 fully saturated rings. The van der Waals surface area contributed by atoms with Crippen molar-refractivity contribution in [1.82, 2.24) is 0 Å². The summed E-state index contributed by atoms with van der Waals surface area (Å²) >= 11 is 0. The molecule has 9 nitrogen and oxygen atoms in total. The second-order valence-electron chi connectivity index (χ2n) is 0.783. The van der Waals surface area contributed by atoms with Crippen molar-refractivity contribution in [2.24, 2.45) is 0 Å². The van der Waals surface area contributed by atoms with E-state index in [-0.39, 0.29) is 25.8 Å². The standard InChI is InChI=1S/Hf.H2O3Si.2O3Si/c;3*1-4(2)3/h;1-2H;;/q+4;;2*-2. The van der Waals surface area contributed by atoms with Gasteiger partial charge in [0.05, 0.1) is 0 Å². The molecule has 0 aliphatic rings. The van der Waals surface area contributed by atoms with Crippen LogP contribution in [-0.2, 0) is 39.2 Å². The van der Waals surface area contributed by atoms with Crippen molar-refractivity contribution < 1.29 is 68.0 Å². The van der Waals surface area contributed by atoms with E-state index in [1.807, 2.05) is 0 Å². The van der Waals surface area contributed by atoms with E-state index in [2.05, 4.69) is 0 Å². The van der Waals surface area contributed by atoms with Crippen molar-refractivity contribution in [2.45, 2.75) is 0 Å². The van der Waals surface area contributed by atoms with Gasteiger partial charge in [-0.1, -0.05) is 0 Å².